The van der Waals surface area contributed by atoms with E-state index in [1.807, 2.05) is 12.1 Å². The molecule has 1 heterocycles. The van der Waals surface area contributed by atoms with Crippen LogP contribution in [-0.2, 0) is 9.53 Å². The van der Waals surface area contributed by atoms with Crippen molar-refractivity contribution < 1.29 is 9.53 Å². The molecule has 1 saturated heterocycles. The van der Waals surface area contributed by atoms with Crippen LogP contribution >= 0.6 is 0 Å². The van der Waals surface area contributed by atoms with E-state index in [1.54, 1.807) is 4.90 Å². The number of carbonyl (C=O) groups is 1. The Kier molecular flexibility index (Phi) is 2.73. The second kappa shape index (κ2) is 4.03. The van der Waals surface area contributed by atoms with Crippen LogP contribution in [0.3, 0.4) is 0 Å². The topological polar surface area (TPSA) is 29.5 Å². The Labute approximate surface area is 89.7 Å². The molecule has 1 aromatic rings. The second-order valence-corrected chi connectivity index (χ2v) is 3.87. The number of benzene rings is 1. The van der Waals surface area contributed by atoms with Crippen LogP contribution in [-0.4, -0.2) is 25.7 Å². The number of aryl methyl sites for hydroxylation is 2. The second-order valence-electron chi connectivity index (χ2n) is 3.87. The van der Waals surface area contributed by atoms with Gasteiger partial charge in [-0.1, -0.05) is 6.07 Å². The average molecular weight is 205 g/mol. The van der Waals surface area contributed by atoms with Gasteiger partial charge in [0.1, 0.15) is 6.61 Å². The fraction of sp³-hybridized carbons (Fsp3) is 0.417. The van der Waals surface area contributed by atoms with E-state index in [9.17, 15) is 4.79 Å². The third-order valence-electron chi connectivity index (χ3n) is 2.79. The summed E-state index contributed by atoms with van der Waals surface area (Å²) in [5, 5.41) is 0. The lowest BCUT2D eigenvalue weighted by atomic mass is 10.1. The molecule has 3 heteroatoms. The van der Waals surface area contributed by atoms with Gasteiger partial charge in [-0.3, -0.25) is 4.79 Å². The first-order valence-electron chi connectivity index (χ1n) is 5.14. The zero-order valence-electron chi connectivity index (χ0n) is 9.12. The van der Waals surface area contributed by atoms with Gasteiger partial charge in [-0.15, -0.1) is 0 Å². The lowest BCUT2D eigenvalue weighted by Crippen LogP contribution is -2.41. The van der Waals surface area contributed by atoms with E-state index in [2.05, 4.69) is 19.9 Å². The highest BCUT2D eigenvalue weighted by molar-refractivity contribution is 5.94. The Bertz CT molecular complexity index is 387. The maximum atomic E-state index is 11.6. The minimum Gasteiger partial charge on any atom is -0.370 e. The number of hydrogen-bond acceptors (Lipinski definition) is 2. The average Bonchev–Trinajstić information content (AvgIpc) is 2.23. The fourth-order valence-corrected chi connectivity index (χ4v) is 1.68. The maximum absolute atomic E-state index is 11.6. The van der Waals surface area contributed by atoms with Crippen LogP contribution in [0.4, 0.5) is 5.69 Å². The van der Waals surface area contributed by atoms with E-state index in [-0.39, 0.29) is 12.5 Å². The monoisotopic (exact) mass is 205 g/mol. The normalized spacial score (nSPS) is 16.9. The summed E-state index contributed by atoms with van der Waals surface area (Å²) in [6, 6.07) is 6.09. The van der Waals surface area contributed by atoms with Crippen molar-refractivity contribution in [1.82, 2.24) is 0 Å². The first-order valence-corrected chi connectivity index (χ1v) is 5.14. The molecule has 0 N–H and O–H groups in total. The minimum absolute atomic E-state index is 0.0458. The van der Waals surface area contributed by atoms with Crippen LogP contribution in [0, 0.1) is 13.8 Å². The smallest absolute Gasteiger partial charge is 0.253 e. The summed E-state index contributed by atoms with van der Waals surface area (Å²) in [7, 11) is 0. The number of rotatable bonds is 1. The lowest BCUT2D eigenvalue weighted by molar-refractivity contribution is -0.125. The van der Waals surface area contributed by atoms with Crippen molar-refractivity contribution >= 4 is 11.6 Å². The maximum Gasteiger partial charge on any atom is 0.253 e. The fourth-order valence-electron chi connectivity index (χ4n) is 1.68. The van der Waals surface area contributed by atoms with Crippen LogP contribution < -0.4 is 4.90 Å². The SMILES string of the molecule is Cc1ccc(N2CCOCC2=O)cc1C. The predicted molar refractivity (Wildman–Crippen MR) is 59.1 cm³/mol. The molecular weight excluding hydrogens is 190 g/mol. The summed E-state index contributed by atoms with van der Waals surface area (Å²) in [4.78, 5) is 13.4. The van der Waals surface area contributed by atoms with Gasteiger partial charge in [-0.2, -0.15) is 0 Å². The summed E-state index contributed by atoms with van der Waals surface area (Å²) in [6.07, 6.45) is 0. The Hall–Kier alpha value is -1.35. The molecule has 1 fully saturated rings. The molecule has 80 valence electrons. The summed E-state index contributed by atoms with van der Waals surface area (Å²) in [5.74, 6) is 0.0458. The Morgan fingerprint density at radius 2 is 2.07 bits per heavy atom. The highest BCUT2D eigenvalue weighted by atomic mass is 16.5. The summed E-state index contributed by atoms with van der Waals surface area (Å²) in [6.45, 7) is 5.61. The van der Waals surface area contributed by atoms with Gasteiger partial charge < -0.3 is 9.64 Å². The van der Waals surface area contributed by atoms with Gasteiger partial charge in [0.15, 0.2) is 0 Å². The minimum atomic E-state index is 0.0458. The number of anilines is 1. The third kappa shape index (κ3) is 2.02. The molecule has 0 bridgehead atoms. The first-order chi connectivity index (χ1) is 7.18. The van der Waals surface area contributed by atoms with Gasteiger partial charge in [-0.05, 0) is 37.1 Å². The van der Waals surface area contributed by atoms with E-state index in [0.717, 1.165) is 5.69 Å². The van der Waals surface area contributed by atoms with Crippen LogP contribution in [0.5, 0.6) is 0 Å². The van der Waals surface area contributed by atoms with Gasteiger partial charge in [-0.25, -0.2) is 0 Å². The highest BCUT2D eigenvalue weighted by Gasteiger charge is 2.20. The van der Waals surface area contributed by atoms with Crippen LogP contribution in [0.25, 0.3) is 0 Å². The zero-order valence-corrected chi connectivity index (χ0v) is 9.12. The molecule has 3 nitrogen and oxygen atoms in total. The van der Waals surface area contributed by atoms with E-state index in [0.29, 0.717) is 13.2 Å². The summed E-state index contributed by atoms with van der Waals surface area (Å²) in [5.41, 5.74) is 3.44. The third-order valence-corrected chi connectivity index (χ3v) is 2.79. The van der Waals surface area contributed by atoms with E-state index >= 15 is 0 Å². The zero-order chi connectivity index (χ0) is 10.8. The number of amides is 1. The van der Waals surface area contributed by atoms with Crippen molar-refractivity contribution in [2.24, 2.45) is 0 Å². The number of nitrogens with zero attached hydrogens (tertiary/aromatic N) is 1. The van der Waals surface area contributed by atoms with Crippen molar-refractivity contribution in [3.63, 3.8) is 0 Å². The van der Waals surface area contributed by atoms with Crippen LogP contribution in [0.2, 0.25) is 0 Å². The molecule has 0 atom stereocenters. The number of hydrogen-bond donors (Lipinski definition) is 0. The molecule has 0 saturated carbocycles. The summed E-state index contributed by atoms with van der Waals surface area (Å²) < 4.78 is 5.10. The van der Waals surface area contributed by atoms with Crippen molar-refractivity contribution in [1.29, 1.82) is 0 Å². The molecule has 2 rings (SSSR count). The molecule has 15 heavy (non-hydrogen) atoms. The van der Waals surface area contributed by atoms with Crippen molar-refractivity contribution in [3.05, 3.63) is 29.3 Å². The standard InChI is InChI=1S/C12H15NO2/c1-9-3-4-11(7-10(9)2)13-5-6-15-8-12(13)14/h3-4,7H,5-6,8H2,1-2H3. The molecule has 0 unspecified atom stereocenters. The lowest BCUT2D eigenvalue weighted by Gasteiger charge is -2.27. The van der Waals surface area contributed by atoms with Gasteiger partial charge in [0.2, 0.25) is 0 Å². The summed E-state index contributed by atoms with van der Waals surface area (Å²) >= 11 is 0. The Balaban J connectivity index is 2.28. The molecule has 1 aliphatic heterocycles. The molecule has 0 aromatic heterocycles. The largest absolute Gasteiger partial charge is 0.370 e. The predicted octanol–water partition coefficient (Wildman–Crippen LogP) is 1.67. The molecule has 1 amide bonds. The van der Waals surface area contributed by atoms with Gasteiger partial charge in [0.05, 0.1) is 6.61 Å². The Morgan fingerprint density at radius 3 is 2.73 bits per heavy atom. The van der Waals surface area contributed by atoms with Crippen LogP contribution in [0.1, 0.15) is 11.1 Å². The quantitative estimate of drug-likeness (QED) is 0.698. The number of carbonyl (C=O) groups excluding carboxylic acids is 1. The van der Waals surface area contributed by atoms with Crippen molar-refractivity contribution in [2.45, 2.75) is 13.8 Å². The highest BCUT2D eigenvalue weighted by Crippen LogP contribution is 2.20. The van der Waals surface area contributed by atoms with E-state index in [4.69, 9.17) is 4.74 Å². The van der Waals surface area contributed by atoms with Gasteiger partial charge in [0.25, 0.3) is 5.91 Å². The number of morpholine rings is 1. The molecule has 1 aromatic carbocycles. The van der Waals surface area contributed by atoms with Gasteiger partial charge >= 0.3 is 0 Å². The molecule has 1 aliphatic rings. The van der Waals surface area contributed by atoms with Crippen molar-refractivity contribution in [3.8, 4) is 0 Å². The first kappa shape index (κ1) is 10.2. The van der Waals surface area contributed by atoms with E-state index < -0.39 is 0 Å². The molecule has 0 aliphatic carbocycles. The molecule has 0 spiro atoms. The number of ether oxygens (including phenoxy) is 1. The van der Waals surface area contributed by atoms with E-state index in [1.165, 1.54) is 11.1 Å². The molecular formula is C12H15NO2. The molecule has 0 radical (unpaired) electrons. The van der Waals surface area contributed by atoms with Crippen LogP contribution in [0.15, 0.2) is 18.2 Å². The Morgan fingerprint density at radius 1 is 1.27 bits per heavy atom. The van der Waals surface area contributed by atoms with Crippen molar-refractivity contribution in [2.75, 3.05) is 24.7 Å². The van der Waals surface area contributed by atoms with Gasteiger partial charge in [0, 0.05) is 12.2 Å².